The lowest BCUT2D eigenvalue weighted by Crippen LogP contribution is -2.05. The van der Waals surface area contributed by atoms with Crippen LogP contribution in [-0.2, 0) is 4.79 Å². The summed E-state index contributed by atoms with van der Waals surface area (Å²) in [4.78, 5) is 11.2. The third kappa shape index (κ3) is 4.21. The predicted molar refractivity (Wildman–Crippen MR) is 87.3 cm³/mol. The van der Waals surface area contributed by atoms with Crippen LogP contribution in [0.15, 0.2) is 48.5 Å². The number of carbonyl (C=O) groups is 1. The average Bonchev–Trinajstić information content (AvgIpc) is 2.54. The van der Waals surface area contributed by atoms with Crippen LogP contribution in [0.25, 0.3) is 11.6 Å². The summed E-state index contributed by atoms with van der Waals surface area (Å²) >= 11 is 5.95. The molecular formula is C18H14ClNO2. The van der Waals surface area contributed by atoms with Gasteiger partial charge in [0.05, 0.1) is 11.6 Å². The molecule has 110 valence electrons. The van der Waals surface area contributed by atoms with E-state index in [2.05, 4.69) is 6.07 Å². The molecule has 0 aliphatic heterocycles. The van der Waals surface area contributed by atoms with Crippen molar-refractivity contribution in [2.45, 2.75) is 13.3 Å². The Labute approximate surface area is 134 Å². The van der Waals surface area contributed by atoms with Gasteiger partial charge in [0.25, 0.3) is 0 Å². The lowest BCUT2D eigenvalue weighted by Gasteiger charge is -2.03. The fourth-order valence-corrected chi connectivity index (χ4v) is 2.03. The molecular weight excluding hydrogens is 298 g/mol. The molecule has 0 radical (unpaired) electrons. The van der Waals surface area contributed by atoms with Gasteiger partial charge in [-0.05, 0) is 41.5 Å². The van der Waals surface area contributed by atoms with E-state index in [1.807, 2.05) is 6.07 Å². The topological polar surface area (TPSA) is 50.1 Å². The summed E-state index contributed by atoms with van der Waals surface area (Å²) in [6, 6.07) is 16.3. The third-order valence-electron chi connectivity index (χ3n) is 2.97. The van der Waals surface area contributed by atoms with Crippen LogP contribution < -0.4 is 4.74 Å². The number of carbonyl (C=O) groups excluding carboxylic acids is 1. The van der Waals surface area contributed by atoms with Crippen molar-refractivity contribution in [1.82, 2.24) is 0 Å². The van der Waals surface area contributed by atoms with Crippen LogP contribution in [0.2, 0.25) is 5.02 Å². The van der Waals surface area contributed by atoms with E-state index in [0.717, 1.165) is 11.1 Å². The molecule has 0 unspecified atom stereocenters. The van der Waals surface area contributed by atoms with E-state index >= 15 is 0 Å². The van der Waals surface area contributed by atoms with Crippen LogP contribution in [0.1, 0.15) is 24.5 Å². The van der Waals surface area contributed by atoms with Crippen molar-refractivity contribution in [3.8, 4) is 11.8 Å². The maximum Gasteiger partial charge on any atom is 0.310 e. The minimum absolute atomic E-state index is 0.278. The second-order valence-corrected chi connectivity index (χ2v) is 5.01. The molecule has 22 heavy (non-hydrogen) atoms. The molecule has 0 saturated carbocycles. The Bertz CT molecular complexity index is 742. The lowest BCUT2D eigenvalue weighted by molar-refractivity contribution is -0.134. The van der Waals surface area contributed by atoms with Gasteiger partial charge in [0.15, 0.2) is 0 Å². The molecule has 2 rings (SSSR count). The second kappa shape index (κ2) is 7.44. The number of ether oxygens (including phenoxy) is 1. The number of hydrogen-bond acceptors (Lipinski definition) is 3. The molecule has 0 amide bonds. The standard InChI is InChI=1S/C18H14ClNO2/c1-2-18(21)22-17-8-6-13(7-9-17)10-15(12-20)14-4-3-5-16(19)11-14/h3-11H,2H2,1H3/b15-10-. The molecule has 3 nitrogen and oxygen atoms in total. The number of halogens is 1. The van der Waals surface area contributed by atoms with Crippen LogP contribution in [0.4, 0.5) is 0 Å². The second-order valence-electron chi connectivity index (χ2n) is 4.58. The average molecular weight is 312 g/mol. The molecule has 0 aromatic heterocycles. The Balaban J connectivity index is 2.24. The Morgan fingerprint density at radius 2 is 2.00 bits per heavy atom. The minimum Gasteiger partial charge on any atom is -0.427 e. The Morgan fingerprint density at radius 3 is 2.59 bits per heavy atom. The van der Waals surface area contributed by atoms with Gasteiger partial charge in [-0.2, -0.15) is 5.26 Å². The van der Waals surface area contributed by atoms with Crippen molar-refractivity contribution >= 4 is 29.2 Å². The maximum atomic E-state index is 11.2. The first-order valence-electron chi connectivity index (χ1n) is 6.81. The highest BCUT2D eigenvalue weighted by Crippen LogP contribution is 2.22. The molecule has 0 fully saturated rings. The quantitative estimate of drug-likeness (QED) is 0.355. The van der Waals surface area contributed by atoms with Crippen LogP contribution in [0.3, 0.4) is 0 Å². The molecule has 4 heteroatoms. The molecule has 0 heterocycles. The highest BCUT2D eigenvalue weighted by Gasteiger charge is 2.04. The van der Waals surface area contributed by atoms with Crippen molar-refractivity contribution in [2.75, 3.05) is 0 Å². The summed E-state index contributed by atoms with van der Waals surface area (Å²) in [7, 11) is 0. The van der Waals surface area contributed by atoms with Crippen molar-refractivity contribution in [3.05, 3.63) is 64.7 Å². The van der Waals surface area contributed by atoms with Crippen LogP contribution in [-0.4, -0.2) is 5.97 Å². The minimum atomic E-state index is -0.278. The van der Waals surface area contributed by atoms with Gasteiger partial charge in [-0.25, -0.2) is 0 Å². The van der Waals surface area contributed by atoms with Gasteiger partial charge in [0.2, 0.25) is 0 Å². The Morgan fingerprint density at radius 1 is 1.27 bits per heavy atom. The lowest BCUT2D eigenvalue weighted by atomic mass is 10.0. The molecule has 0 spiro atoms. The molecule has 0 aliphatic carbocycles. The first-order valence-corrected chi connectivity index (χ1v) is 7.18. The van der Waals surface area contributed by atoms with Crippen molar-refractivity contribution in [1.29, 1.82) is 5.26 Å². The number of hydrogen-bond donors (Lipinski definition) is 0. The molecule has 0 atom stereocenters. The summed E-state index contributed by atoms with van der Waals surface area (Å²) < 4.78 is 5.11. The molecule has 0 bridgehead atoms. The Hall–Kier alpha value is -2.57. The Kier molecular flexibility index (Phi) is 5.35. The zero-order valence-electron chi connectivity index (χ0n) is 12.0. The van der Waals surface area contributed by atoms with Crippen molar-refractivity contribution in [2.24, 2.45) is 0 Å². The van der Waals surface area contributed by atoms with Gasteiger partial charge < -0.3 is 4.74 Å². The van der Waals surface area contributed by atoms with Crippen molar-refractivity contribution < 1.29 is 9.53 Å². The van der Waals surface area contributed by atoms with Gasteiger partial charge in [0.1, 0.15) is 5.75 Å². The largest absolute Gasteiger partial charge is 0.427 e. The fourth-order valence-electron chi connectivity index (χ4n) is 1.84. The van der Waals surface area contributed by atoms with Gasteiger partial charge in [0, 0.05) is 11.4 Å². The van der Waals surface area contributed by atoms with E-state index in [0.29, 0.717) is 22.8 Å². The van der Waals surface area contributed by atoms with E-state index in [4.69, 9.17) is 16.3 Å². The fraction of sp³-hybridized carbons (Fsp3) is 0.111. The predicted octanol–water partition coefficient (Wildman–Crippen LogP) is 4.72. The van der Waals surface area contributed by atoms with Crippen LogP contribution in [0.5, 0.6) is 5.75 Å². The van der Waals surface area contributed by atoms with E-state index < -0.39 is 0 Å². The molecule has 0 saturated heterocycles. The normalized spacial score (nSPS) is 10.9. The number of rotatable bonds is 4. The monoisotopic (exact) mass is 311 g/mol. The maximum absolute atomic E-state index is 11.2. The molecule has 2 aromatic carbocycles. The summed E-state index contributed by atoms with van der Waals surface area (Å²) in [5, 5.41) is 9.89. The van der Waals surface area contributed by atoms with Gasteiger partial charge >= 0.3 is 5.97 Å². The number of esters is 1. The summed E-state index contributed by atoms with van der Waals surface area (Å²) in [6.45, 7) is 1.74. The molecule has 0 aliphatic rings. The summed E-state index contributed by atoms with van der Waals surface area (Å²) in [5.41, 5.74) is 2.12. The van der Waals surface area contributed by atoms with Gasteiger partial charge in [-0.15, -0.1) is 0 Å². The smallest absolute Gasteiger partial charge is 0.310 e. The molecule has 2 aromatic rings. The highest BCUT2D eigenvalue weighted by atomic mass is 35.5. The SMILES string of the molecule is CCC(=O)Oc1ccc(/C=C(/C#N)c2cccc(Cl)c2)cc1. The third-order valence-corrected chi connectivity index (χ3v) is 3.20. The first kappa shape index (κ1) is 15.8. The van der Waals surface area contributed by atoms with E-state index in [-0.39, 0.29) is 5.97 Å². The van der Waals surface area contributed by atoms with E-state index in [1.165, 1.54) is 0 Å². The number of nitrogens with zero attached hydrogens (tertiary/aromatic N) is 1. The highest BCUT2D eigenvalue weighted by molar-refractivity contribution is 6.30. The molecule has 0 N–H and O–H groups in total. The summed E-state index contributed by atoms with van der Waals surface area (Å²) in [6.07, 6.45) is 2.09. The zero-order chi connectivity index (χ0) is 15.9. The first-order chi connectivity index (χ1) is 10.6. The summed E-state index contributed by atoms with van der Waals surface area (Å²) in [5.74, 6) is 0.213. The van der Waals surface area contributed by atoms with E-state index in [9.17, 15) is 10.1 Å². The number of benzene rings is 2. The van der Waals surface area contributed by atoms with E-state index in [1.54, 1.807) is 55.5 Å². The van der Waals surface area contributed by atoms with Crippen LogP contribution >= 0.6 is 11.6 Å². The number of allylic oxidation sites excluding steroid dienone is 1. The zero-order valence-corrected chi connectivity index (χ0v) is 12.8. The van der Waals surface area contributed by atoms with Gasteiger partial charge in [-0.3, -0.25) is 4.79 Å². The van der Waals surface area contributed by atoms with Crippen molar-refractivity contribution in [3.63, 3.8) is 0 Å². The van der Waals surface area contributed by atoms with Gasteiger partial charge in [-0.1, -0.05) is 42.8 Å². The number of nitriles is 1. The van der Waals surface area contributed by atoms with Crippen LogP contribution in [0, 0.1) is 11.3 Å².